The third-order valence-electron chi connectivity index (χ3n) is 6.99. The Bertz CT molecular complexity index is 1290. The maximum Gasteiger partial charge on any atom is 0.109 e. The van der Waals surface area contributed by atoms with Crippen molar-refractivity contribution in [3.8, 4) is 11.1 Å². The quantitative estimate of drug-likeness (QED) is 0.225. The second-order valence-corrected chi connectivity index (χ2v) is 10.1. The molecule has 1 nitrogen and oxygen atoms in total. The van der Waals surface area contributed by atoms with Crippen LogP contribution in [0.5, 0.6) is 0 Å². The number of nitrogens with one attached hydrogen (secondary N) is 1. The highest BCUT2D eigenvalue weighted by atomic mass is 15.0. The molecule has 0 fully saturated rings. The zero-order valence-electron chi connectivity index (χ0n) is 23.9. The van der Waals surface area contributed by atoms with Crippen molar-refractivity contribution in [3.05, 3.63) is 155 Å². The Balaban J connectivity index is 0.000000212. The van der Waals surface area contributed by atoms with Gasteiger partial charge >= 0.3 is 0 Å². The molecule has 0 amide bonds. The van der Waals surface area contributed by atoms with Crippen LogP contribution in [0.4, 0.5) is 0 Å². The second kappa shape index (κ2) is 13.6. The van der Waals surface area contributed by atoms with E-state index in [0.29, 0.717) is 0 Å². The fourth-order valence-electron chi connectivity index (χ4n) is 4.97. The minimum atomic E-state index is -0.436. The number of allylic oxidation sites excluding steroid dienone is 1. The monoisotopic (exact) mass is 501 g/mol. The van der Waals surface area contributed by atoms with Gasteiger partial charge in [0.25, 0.3) is 0 Å². The van der Waals surface area contributed by atoms with Gasteiger partial charge in [-0.3, -0.25) is 0 Å². The van der Waals surface area contributed by atoms with Gasteiger partial charge in [-0.2, -0.15) is 0 Å². The van der Waals surface area contributed by atoms with Gasteiger partial charge in [0.2, 0.25) is 0 Å². The molecule has 0 aromatic heterocycles. The molecule has 0 radical (unpaired) electrons. The average molecular weight is 502 g/mol. The Labute approximate surface area is 231 Å². The molecule has 1 N–H and O–H groups in total. The van der Waals surface area contributed by atoms with Gasteiger partial charge in [-0.1, -0.05) is 137 Å². The average Bonchev–Trinajstić information content (AvgIpc) is 2.94. The number of benzene rings is 4. The Morgan fingerprint density at radius 3 is 1.79 bits per heavy atom. The van der Waals surface area contributed by atoms with Crippen LogP contribution in [0.3, 0.4) is 0 Å². The summed E-state index contributed by atoms with van der Waals surface area (Å²) in [6.07, 6.45) is 3.48. The van der Waals surface area contributed by atoms with Crippen LogP contribution in [0.2, 0.25) is 0 Å². The molecule has 0 bridgehead atoms. The lowest BCUT2D eigenvalue weighted by atomic mass is 9.77. The van der Waals surface area contributed by atoms with Crippen LogP contribution in [-0.2, 0) is 18.4 Å². The number of hydrogen-bond acceptors (Lipinski definition) is 1. The van der Waals surface area contributed by atoms with E-state index in [1.54, 1.807) is 0 Å². The predicted octanol–water partition coefficient (Wildman–Crippen LogP) is 9.81. The molecular formula is C37H43N. The summed E-state index contributed by atoms with van der Waals surface area (Å²) in [5.74, 6) is 0. The fourth-order valence-corrected chi connectivity index (χ4v) is 4.97. The van der Waals surface area contributed by atoms with Gasteiger partial charge in [0.05, 0.1) is 0 Å². The zero-order chi connectivity index (χ0) is 27.5. The number of rotatable bonds is 9. The first-order chi connectivity index (χ1) is 18.3. The molecule has 196 valence electrons. The van der Waals surface area contributed by atoms with Crippen LogP contribution in [-0.4, -0.2) is 0 Å². The van der Waals surface area contributed by atoms with E-state index in [9.17, 15) is 0 Å². The molecule has 0 saturated carbocycles. The second-order valence-electron chi connectivity index (χ2n) is 10.1. The van der Waals surface area contributed by atoms with E-state index in [1.807, 2.05) is 19.1 Å². The first-order valence-electron chi connectivity index (χ1n) is 13.7. The highest BCUT2D eigenvalue weighted by Crippen LogP contribution is 2.36. The van der Waals surface area contributed by atoms with E-state index in [-0.39, 0.29) is 0 Å². The first kappa shape index (κ1) is 28.7. The summed E-state index contributed by atoms with van der Waals surface area (Å²) in [6, 6.07) is 36.5. The van der Waals surface area contributed by atoms with Crippen LogP contribution in [0, 0.1) is 6.92 Å². The minimum Gasteiger partial charge on any atom is -0.372 e. The van der Waals surface area contributed by atoms with E-state index in [0.717, 1.165) is 17.7 Å². The highest BCUT2D eigenvalue weighted by Gasteiger charge is 2.34. The molecule has 0 spiro atoms. The lowest BCUT2D eigenvalue weighted by Gasteiger charge is -2.38. The summed E-state index contributed by atoms with van der Waals surface area (Å²) in [6.45, 7) is 18.9. The van der Waals surface area contributed by atoms with Crippen LogP contribution in [0.15, 0.2) is 128 Å². The smallest absolute Gasteiger partial charge is 0.109 e. The first-order valence-corrected chi connectivity index (χ1v) is 13.7. The van der Waals surface area contributed by atoms with Crippen LogP contribution >= 0.6 is 0 Å². The van der Waals surface area contributed by atoms with Crippen molar-refractivity contribution in [2.75, 3.05) is 0 Å². The van der Waals surface area contributed by atoms with Crippen LogP contribution in [0.25, 0.3) is 11.1 Å². The van der Waals surface area contributed by atoms with Crippen molar-refractivity contribution < 1.29 is 0 Å². The Kier molecular flexibility index (Phi) is 10.3. The van der Waals surface area contributed by atoms with Crippen LogP contribution < -0.4 is 5.32 Å². The van der Waals surface area contributed by atoms with E-state index >= 15 is 0 Å². The highest BCUT2D eigenvalue weighted by molar-refractivity contribution is 5.65. The molecule has 0 unspecified atom stereocenters. The van der Waals surface area contributed by atoms with Gasteiger partial charge in [0.15, 0.2) is 0 Å². The van der Waals surface area contributed by atoms with Gasteiger partial charge in [-0.15, -0.1) is 0 Å². The van der Waals surface area contributed by atoms with E-state index in [2.05, 4.69) is 137 Å². The molecule has 1 heteroatoms. The molecule has 4 aromatic carbocycles. The molecule has 0 aliphatic carbocycles. The Hall–Kier alpha value is -3.84. The molecule has 38 heavy (non-hydrogen) atoms. The third-order valence-corrected chi connectivity index (χ3v) is 6.99. The third kappa shape index (κ3) is 6.92. The lowest BCUT2D eigenvalue weighted by Crippen LogP contribution is -2.43. The van der Waals surface area contributed by atoms with E-state index in [1.165, 1.54) is 51.8 Å². The van der Waals surface area contributed by atoms with E-state index in [4.69, 9.17) is 0 Å². The molecule has 0 saturated heterocycles. The van der Waals surface area contributed by atoms with Gasteiger partial charge < -0.3 is 5.32 Å². The summed E-state index contributed by atoms with van der Waals surface area (Å²) in [7, 11) is 0. The zero-order valence-corrected chi connectivity index (χ0v) is 23.9. The lowest BCUT2D eigenvalue weighted by molar-refractivity contribution is 0.520. The maximum absolute atomic E-state index is 4.23. The molecule has 0 aliphatic rings. The summed E-state index contributed by atoms with van der Waals surface area (Å²) in [4.78, 5) is 0. The van der Waals surface area contributed by atoms with Crippen molar-refractivity contribution in [2.24, 2.45) is 0 Å². The van der Waals surface area contributed by atoms with Crippen LogP contribution in [0.1, 0.15) is 61.9 Å². The summed E-state index contributed by atoms with van der Waals surface area (Å²) < 4.78 is 0. The predicted molar refractivity (Wildman–Crippen MR) is 166 cm³/mol. The molecule has 4 rings (SSSR count). The molecular weight excluding hydrogens is 458 g/mol. The summed E-state index contributed by atoms with van der Waals surface area (Å²) in [5, 5.41) is 3.53. The normalized spacial score (nSPS) is 10.8. The number of hydrogen-bond donors (Lipinski definition) is 1. The largest absolute Gasteiger partial charge is 0.372 e. The minimum absolute atomic E-state index is 0.436. The van der Waals surface area contributed by atoms with Gasteiger partial charge in [0.1, 0.15) is 5.54 Å². The maximum atomic E-state index is 4.23. The molecule has 0 heterocycles. The van der Waals surface area contributed by atoms with Crippen molar-refractivity contribution in [2.45, 2.75) is 59.4 Å². The van der Waals surface area contributed by atoms with Crippen molar-refractivity contribution in [1.29, 1.82) is 0 Å². The van der Waals surface area contributed by atoms with Crippen molar-refractivity contribution >= 4 is 0 Å². The van der Waals surface area contributed by atoms with Crippen molar-refractivity contribution in [3.63, 3.8) is 0 Å². The number of aryl methyl sites for hydroxylation is 3. The van der Waals surface area contributed by atoms with E-state index < -0.39 is 5.54 Å². The topological polar surface area (TPSA) is 12.0 Å². The summed E-state index contributed by atoms with van der Waals surface area (Å²) in [5.41, 5.74) is 10.8. The van der Waals surface area contributed by atoms with Gasteiger partial charge in [0, 0.05) is 5.70 Å². The SMILES string of the molecule is C=C(C)NC(C(=C)C)(c1ccccc1)c1ccccc1.CCCc1cc(-c2cccc(CC)c2)ccc1C. The Morgan fingerprint density at radius 1 is 0.711 bits per heavy atom. The molecule has 4 aromatic rings. The standard InChI is InChI=1S/C19H21N.C18H22/c1-15(2)19(20-16(3)4,17-11-7-5-8-12-17)18-13-9-6-10-14-18;1-4-7-16-13-18(11-10-14(16)3)17-9-6-8-15(5-2)12-17/h5-14,20H,1,3H2,2,4H3;6,8-13H,4-5,7H2,1-3H3. The molecule has 0 aliphatic heterocycles. The van der Waals surface area contributed by atoms with Crippen molar-refractivity contribution in [1.82, 2.24) is 5.32 Å². The summed E-state index contributed by atoms with van der Waals surface area (Å²) >= 11 is 0. The fraction of sp³-hybridized carbons (Fsp3) is 0.243. The van der Waals surface area contributed by atoms with Gasteiger partial charge in [-0.05, 0) is 78.1 Å². The van der Waals surface area contributed by atoms with Gasteiger partial charge in [-0.25, -0.2) is 0 Å². The molecule has 0 atom stereocenters. The Morgan fingerprint density at radius 2 is 1.29 bits per heavy atom.